The molecule has 186 valence electrons. The van der Waals surface area contributed by atoms with Crippen molar-refractivity contribution in [2.24, 2.45) is 0 Å². The Morgan fingerprint density at radius 3 is 2.18 bits per heavy atom. The van der Waals surface area contributed by atoms with Crippen LogP contribution in [0.3, 0.4) is 0 Å². The van der Waals surface area contributed by atoms with Gasteiger partial charge < -0.3 is 10.2 Å². The molecule has 2 unspecified atom stereocenters. The summed E-state index contributed by atoms with van der Waals surface area (Å²) in [6.45, 7) is 7.22. The van der Waals surface area contributed by atoms with E-state index < -0.39 is 28.5 Å². The molecule has 2 rings (SSSR count). The van der Waals surface area contributed by atoms with Crippen molar-refractivity contribution in [3.05, 3.63) is 64.7 Å². The van der Waals surface area contributed by atoms with Crippen LogP contribution in [-0.2, 0) is 26.2 Å². The molecule has 2 aromatic rings. The standard InChI is InChI=1S/C25H34ClN3O4S/c1-6-19(4)27-25(31)23(7-2)28(16-20-10-8-9-11-22(20)26)24(30)17-29(34(5,32)33)21-14-12-18(3)13-15-21/h8-15,19,23H,6-7,16-17H2,1-5H3,(H,27,31). The van der Waals surface area contributed by atoms with Crippen LogP contribution < -0.4 is 9.62 Å². The second kappa shape index (κ2) is 12.2. The molecule has 2 amide bonds. The number of benzene rings is 2. The summed E-state index contributed by atoms with van der Waals surface area (Å²) in [5.74, 6) is -0.768. The number of nitrogens with one attached hydrogen (secondary N) is 1. The number of nitrogens with zero attached hydrogens (tertiary/aromatic N) is 2. The average Bonchev–Trinajstić information content (AvgIpc) is 2.78. The second-order valence-electron chi connectivity index (χ2n) is 8.46. The number of rotatable bonds is 11. The zero-order valence-corrected chi connectivity index (χ0v) is 22.0. The molecule has 0 spiro atoms. The van der Waals surface area contributed by atoms with Crippen molar-refractivity contribution in [1.82, 2.24) is 10.2 Å². The Morgan fingerprint density at radius 2 is 1.65 bits per heavy atom. The smallest absolute Gasteiger partial charge is 0.244 e. The highest BCUT2D eigenvalue weighted by atomic mass is 35.5. The summed E-state index contributed by atoms with van der Waals surface area (Å²) in [5, 5.41) is 3.41. The molecule has 2 atom stereocenters. The van der Waals surface area contributed by atoms with Crippen molar-refractivity contribution in [3.8, 4) is 0 Å². The molecule has 0 aliphatic carbocycles. The zero-order valence-electron chi connectivity index (χ0n) is 20.4. The van der Waals surface area contributed by atoms with Crippen LogP contribution in [0.4, 0.5) is 5.69 Å². The Balaban J connectivity index is 2.44. The highest BCUT2D eigenvalue weighted by Crippen LogP contribution is 2.22. The number of anilines is 1. The summed E-state index contributed by atoms with van der Waals surface area (Å²) < 4.78 is 26.3. The van der Waals surface area contributed by atoms with E-state index in [0.717, 1.165) is 22.5 Å². The van der Waals surface area contributed by atoms with Crippen LogP contribution in [0.5, 0.6) is 0 Å². The van der Waals surface area contributed by atoms with Gasteiger partial charge in [-0.3, -0.25) is 13.9 Å². The highest BCUT2D eigenvalue weighted by Gasteiger charge is 2.32. The normalized spacial score (nSPS) is 13.1. The lowest BCUT2D eigenvalue weighted by atomic mass is 10.1. The Bertz CT molecular complexity index is 1090. The van der Waals surface area contributed by atoms with Gasteiger partial charge in [0.05, 0.1) is 11.9 Å². The van der Waals surface area contributed by atoms with Gasteiger partial charge in [-0.25, -0.2) is 8.42 Å². The molecule has 0 fully saturated rings. The van der Waals surface area contributed by atoms with Crippen LogP contribution in [0, 0.1) is 6.92 Å². The maximum Gasteiger partial charge on any atom is 0.244 e. The third kappa shape index (κ3) is 7.46. The van der Waals surface area contributed by atoms with Gasteiger partial charge in [0.15, 0.2) is 0 Å². The summed E-state index contributed by atoms with van der Waals surface area (Å²) in [5.41, 5.74) is 2.03. The van der Waals surface area contributed by atoms with Crippen LogP contribution in [-0.4, -0.2) is 50.0 Å². The van der Waals surface area contributed by atoms with E-state index >= 15 is 0 Å². The maximum atomic E-state index is 13.6. The Morgan fingerprint density at radius 1 is 1.03 bits per heavy atom. The lowest BCUT2D eigenvalue weighted by Crippen LogP contribution is -2.53. The molecule has 1 N–H and O–H groups in total. The highest BCUT2D eigenvalue weighted by molar-refractivity contribution is 7.92. The first-order chi connectivity index (χ1) is 16.0. The zero-order chi connectivity index (χ0) is 25.5. The Labute approximate surface area is 208 Å². The first kappa shape index (κ1) is 27.7. The maximum absolute atomic E-state index is 13.6. The van der Waals surface area contributed by atoms with Crippen LogP contribution in [0.25, 0.3) is 0 Å². The molecule has 2 aromatic carbocycles. The molecule has 9 heteroatoms. The largest absolute Gasteiger partial charge is 0.352 e. The van der Waals surface area contributed by atoms with Gasteiger partial charge in [-0.1, -0.05) is 61.3 Å². The van der Waals surface area contributed by atoms with Crippen LogP contribution >= 0.6 is 11.6 Å². The molecule has 0 radical (unpaired) electrons. The summed E-state index contributed by atoms with van der Waals surface area (Å²) >= 11 is 6.35. The first-order valence-electron chi connectivity index (χ1n) is 11.4. The van der Waals surface area contributed by atoms with E-state index in [4.69, 9.17) is 11.6 Å². The third-order valence-electron chi connectivity index (χ3n) is 5.69. The average molecular weight is 508 g/mol. The number of halogens is 1. The number of sulfonamides is 1. The van der Waals surface area contributed by atoms with Crippen molar-refractivity contribution >= 4 is 39.1 Å². The molecule has 0 aromatic heterocycles. The molecule has 0 aliphatic rings. The van der Waals surface area contributed by atoms with Gasteiger partial charge in [0, 0.05) is 17.6 Å². The van der Waals surface area contributed by atoms with Crippen LogP contribution in [0.2, 0.25) is 5.02 Å². The predicted molar refractivity (Wildman–Crippen MR) is 137 cm³/mol. The molecule has 0 aliphatic heterocycles. The van der Waals surface area contributed by atoms with Crippen molar-refractivity contribution in [1.29, 1.82) is 0 Å². The predicted octanol–water partition coefficient (Wildman–Crippen LogP) is 4.14. The molecular weight excluding hydrogens is 474 g/mol. The van der Waals surface area contributed by atoms with E-state index in [-0.39, 0.29) is 18.5 Å². The van der Waals surface area contributed by atoms with Gasteiger partial charge in [-0.2, -0.15) is 0 Å². The van der Waals surface area contributed by atoms with Crippen molar-refractivity contribution in [2.45, 2.75) is 59.2 Å². The number of hydrogen-bond donors (Lipinski definition) is 1. The van der Waals surface area contributed by atoms with Gasteiger partial charge in [0.2, 0.25) is 21.8 Å². The summed E-state index contributed by atoms with van der Waals surface area (Å²) in [7, 11) is -3.76. The number of hydrogen-bond acceptors (Lipinski definition) is 4. The van der Waals surface area contributed by atoms with Crippen molar-refractivity contribution < 1.29 is 18.0 Å². The fourth-order valence-corrected chi connectivity index (χ4v) is 4.54. The van der Waals surface area contributed by atoms with Gasteiger partial charge >= 0.3 is 0 Å². The first-order valence-corrected chi connectivity index (χ1v) is 13.6. The lowest BCUT2D eigenvalue weighted by molar-refractivity contribution is -0.140. The topological polar surface area (TPSA) is 86.8 Å². The molecule has 0 saturated carbocycles. The van der Waals surface area contributed by atoms with E-state index in [1.54, 1.807) is 48.5 Å². The SMILES string of the molecule is CCC(C)NC(=O)C(CC)N(Cc1ccccc1Cl)C(=O)CN(c1ccc(C)cc1)S(C)(=O)=O. The van der Waals surface area contributed by atoms with Crippen LogP contribution in [0.1, 0.15) is 44.7 Å². The van der Waals surface area contributed by atoms with Gasteiger partial charge in [0.1, 0.15) is 12.6 Å². The molecule has 0 saturated heterocycles. The van der Waals surface area contributed by atoms with Gasteiger partial charge in [-0.05, 0) is 50.5 Å². The Hall–Kier alpha value is -2.58. The quantitative estimate of drug-likeness (QED) is 0.495. The Kier molecular flexibility index (Phi) is 9.94. The summed E-state index contributed by atoms with van der Waals surface area (Å²) in [6, 6.07) is 13.2. The minimum atomic E-state index is -3.76. The van der Waals surface area contributed by atoms with Crippen molar-refractivity contribution in [2.75, 3.05) is 17.1 Å². The molecule has 0 heterocycles. The van der Waals surface area contributed by atoms with Crippen molar-refractivity contribution in [3.63, 3.8) is 0 Å². The van der Waals surface area contributed by atoms with E-state index in [1.165, 1.54) is 4.90 Å². The molecule has 34 heavy (non-hydrogen) atoms. The van der Waals surface area contributed by atoms with Gasteiger partial charge in [0.25, 0.3) is 0 Å². The molecule has 0 bridgehead atoms. The number of carbonyl (C=O) groups is 2. The number of carbonyl (C=O) groups excluding carboxylic acids is 2. The molecular formula is C25H34ClN3O4S. The fraction of sp³-hybridized carbons (Fsp3) is 0.440. The van der Waals surface area contributed by atoms with Gasteiger partial charge in [-0.15, -0.1) is 0 Å². The monoisotopic (exact) mass is 507 g/mol. The number of aryl methyl sites for hydroxylation is 1. The van der Waals surface area contributed by atoms with E-state index in [1.807, 2.05) is 27.7 Å². The minimum absolute atomic E-state index is 0.0566. The number of amides is 2. The minimum Gasteiger partial charge on any atom is -0.352 e. The lowest BCUT2D eigenvalue weighted by Gasteiger charge is -2.33. The van der Waals surface area contributed by atoms with E-state index in [0.29, 0.717) is 22.7 Å². The summed E-state index contributed by atoms with van der Waals surface area (Å²) in [4.78, 5) is 28.1. The third-order valence-corrected chi connectivity index (χ3v) is 7.20. The summed E-state index contributed by atoms with van der Waals surface area (Å²) in [6.07, 6.45) is 2.17. The van der Waals surface area contributed by atoms with Crippen LogP contribution in [0.15, 0.2) is 48.5 Å². The second-order valence-corrected chi connectivity index (χ2v) is 10.8. The van der Waals surface area contributed by atoms with E-state index in [2.05, 4.69) is 5.32 Å². The fourth-order valence-electron chi connectivity index (χ4n) is 3.50. The molecule has 7 nitrogen and oxygen atoms in total. The van der Waals surface area contributed by atoms with E-state index in [9.17, 15) is 18.0 Å².